The second kappa shape index (κ2) is 8.30. The van der Waals surface area contributed by atoms with E-state index in [1.54, 1.807) is 67.0 Å². The Morgan fingerprint density at radius 1 is 0.900 bits per heavy atom. The van der Waals surface area contributed by atoms with Crippen LogP contribution in [-0.4, -0.2) is 21.7 Å². The molecule has 3 aromatic rings. The van der Waals surface area contributed by atoms with Crippen LogP contribution in [0.4, 0.5) is 5.69 Å². The third-order valence-electron chi connectivity index (χ3n) is 4.84. The Kier molecular flexibility index (Phi) is 5.57. The molecule has 5 nitrogen and oxygen atoms in total. The van der Waals surface area contributed by atoms with E-state index in [0.29, 0.717) is 26.9 Å². The summed E-state index contributed by atoms with van der Waals surface area (Å²) >= 11 is 12.1. The van der Waals surface area contributed by atoms with E-state index in [-0.39, 0.29) is 18.1 Å². The Labute approximate surface area is 183 Å². The third-order valence-corrected chi connectivity index (χ3v) is 5.33. The highest BCUT2D eigenvalue weighted by Crippen LogP contribution is 2.33. The minimum atomic E-state index is -0.392. The van der Waals surface area contributed by atoms with Crippen LogP contribution in [0.2, 0.25) is 10.0 Å². The monoisotopic (exact) mass is 437 g/mol. The number of pyridine rings is 1. The summed E-state index contributed by atoms with van der Waals surface area (Å²) in [6, 6.07) is 15.7. The molecule has 2 aromatic carbocycles. The van der Waals surface area contributed by atoms with Gasteiger partial charge in [0.25, 0.3) is 11.8 Å². The Morgan fingerprint density at radius 2 is 1.57 bits per heavy atom. The van der Waals surface area contributed by atoms with E-state index in [4.69, 9.17) is 23.2 Å². The van der Waals surface area contributed by atoms with Crippen molar-refractivity contribution in [1.29, 1.82) is 0 Å². The number of nitrogens with zero attached hydrogens (tertiary/aromatic N) is 2. The fourth-order valence-corrected chi connectivity index (χ4v) is 3.65. The number of carbonyl (C=O) groups excluding carboxylic acids is 2. The van der Waals surface area contributed by atoms with Crippen molar-refractivity contribution in [3.8, 4) is 0 Å². The Morgan fingerprint density at radius 3 is 2.23 bits per heavy atom. The summed E-state index contributed by atoms with van der Waals surface area (Å²) < 4.78 is 0. The van der Waals surface area contributed by atoms with E-state index in [1.165, 1.54) is 4.90 Å². The van der Waals surface area contributed by atoms with Crippen molar-refractivity contribution in [2.45, 2.75) is 13.5 Å². The standard InChI is InChI=1S/C23H17Cl2N3O2/c1-14-12-18(25)6-7-19(14)27-21-20(16-2-4-17(24)5-3-16)22(29)28(23(21)30)13-15-8-10-26-11-9-15/h2-12,27H,13H2,1H3. The molecule has 1 N–H and O–H groups in total. The SMILES string of the molecule is Cc1cc(Cl)ccc1NC1=C(c2ccc(Cl)cc2)C(=O)N(Cc2ccncc2)C1=O. The average Bonchev–Trinajstić information content (AvgIpc) is 2.96. The van der Waals surface area contributed by atoms with Crippen LogP contribution in [0, 0.1) is 6.92 Å². The first-order chi connectivity index (χ1) is 14.4. The zero-order chi connectivity index (χ0) is 21.3. The van der Waals surface area contributed by atoms with Crippen LogP contribution >= 0.6 is 23.2 Å². The molecule has 1 aliphatic heterocycles. The van der Waals surface area contributed by atoms with Crippen molar-refractivity contribution in [2.24, 2.45) is 0 Å². The molecule has 150 valence electrons. The zero-order valence-corrected chi connectivity index (χ0v) is 17.5. The molecule has 4 rings (SSSR count). The summed E-state index contributed by atoms with van der Waals surface area (Å²) in [5.41, 5.74) is 3.52. The predicted octanol–water partition coefficient (Wildman–Crippen LogP) is 5.09. The summed E-state index contributed by atoms with van der Waals surface area (Å²) in [5.74, 6) is -0.760. The van der Waals surface area contributed by atoms with Crippen molar-refractivity contribution in [1.82, 2.24) is 9.88 Å². The van der Waals surface area contributed by atoms with Gasteiger partial charge in [0.1, 0.15) is 5.70 Å². The van der Waals surface area contributed by atoms with Gasteiger partial charge in [-0.3, -0.25) is 19.5 Å². The number of aryl methyl sites for hydroxylation is 1. The lowest BCUT2D eigenvalue weighted by atomic mass is 10.0. The maximum absolute atomic E-state index is 13.3. The van der Waals surface area contributed by atoms with Crippen LogP contribution in [0.1, 0.15) is 16.7 Å². The van der Waals surface area contributed by atoms with Gasteiger partial charge in [-0.25, -0.2) is 0 Å². The van der Waals surface area contributed by atoms with E-state index in [0.717, 1.165) is 11.1 Å². The van der Waals surface area contributed by atoms with Gasteiger partial charge in [0.15, 0.2) is 0 Å². The Bertz CT molecular complexity index is 1160. The van der Waals surface area contributed by atoms with Gasteiger partial charge in [-0.2, -0.15) is 0 Å². The van der Waals surface area contributed by atoms with E-state index < -0.39 is 5.91 Å². The third kappa shape index (κ3) is 3.95. The molecule has 2 heterocycles. The topological polar surface area (TPSA) is 62.3 Å². The van der Waals surface area contributed by atoms with Gasteiger partial charge >= 0.3 is 0 Å². The summed E-state index contributed by atoms with van der Waals surface area (Å²) in [6.45, 7) is 2.04. The van der Waals surface area contributed by atoms with Crippen molar-refractivity contribution in [2.75, 3.05) is 5.32 Å². The number of aromatic nitrogens is 1. The molecule has 0 radical (unpaired) electrons. The maximum Gasteiger partial charge on any atom is 0.278 e. The minimum Gasteiger partial charge on any atom is -0.350 e. The molecule has 30 heavy (non-hydrogen) atoms. The van der Waals surface area contributed by atoms with Gasteiger partial charge in [0.05, 0.1) is 12.1 Å². The van der Waals surface area contributed by atoms with Gasteiger partial charge < -0.3 is 5.32 Å². The number of anilines is 1. The number of hydrogen-bond acceptors (Lipinski definition) is 4. The van der Waals surface area contributed by atoms with Crippen LogP contribution in [0.15, 0.2) is 72.7 Å². The fraction of sp³-hybridized carbons (Fsp3) is 0.0870. The molecule has 1 aromatic heterocycles. The van der Waals surface area contributed by atoms with Gasteiger partial charge in [-0.1, -0.05) is 35.3 Å². The number of rotatable bonds is 5. The number of carbonyl (C=O) groups is 2. The molecule has 0 unspecified atom stereocenters. The molecule has 0 aliphatic carbocycles. The number of benzene rings is 2. The summed E-state index contributed by atoms with van der Waals surface area (Å²) in [7, 11) is 0. The number of halogens is 2. The lowest BCUT2D eigenvalue weighted by molar-refractivity contribution is -0.137. The molecule has 2 amide bonds. The van der Waals surface area contributed by atoms with E-state index in [2.05, 4.69) is 10.3 Å². The highest BCUT2D eigenvalue weighted by atomic mass is 35.5. The van der Waals surface area contributed by atoms with Crippen LogP contribution in [0.3, 0.4) is 0 Å². The smallest absolute Gasteiger partial charge is 0.278 e. The second-order valence-corrected chi connectivity index (χ2v) is 7.77. The molecular formula is C23H17Cl2N3O2. The van der Waals surface area contributed by atoms with Gasteiger partial charge in [0.2, 0.25) is 0 Å². The zero-order valence-electron chi connectivity index (χ0n) is 16.0. The summed E-state index contributed by atoms with van der Waals surface area (Å²) in [4.78, 5) is 31.8. The molecule has 0 saturated carbocycles. The maximum atomic E-state index is 13.3. The van der Waals surface area contributed by atoms with Crippen LogP contribution in [0.25, 0.3) is 5.57 Å². The highest BCUT2D eigenvalue weighted by molar-refractivity contribution is 6.37. The second-order valence-electron chi connectivity index (χ2n) is 6.89. The molecular weight excluding hydrogens is 421 g/mol. The molecule has 0 fully saturated rings. The van der Waals surface area contributed by atoms with Crippen LogP contribution in [-0.2, 0) is 16.1 Å². The average molecular weight is 438 g/mol. The normalized spacial score (nSPS) is 13.9. The number of amides is 2. The summed E-state index contributed by atoms with van der Waals surface area (Å²) in [5, 5.41) is 4.30. The lowest BCUT2D eigenvalue weighted by Gasteiger charge is -2.15. The lowest BCUT2D eigenvalue weighted by Crippen LogP contribution is -2.32. The van der Waals surface area contributed by atoms with Crippen molar-refractivity contribution in [3.63, 3.8) is 0 Å². The molecule has 0 bridgehead atoms. The van der Waals surface area contributed by atoms with E-state index in [9.17, 15) is 9.59 Å². The fourth-order valence-electron chi connectivity index (χ4n) is 3.29. The quantitative estimate of drug-likeness (QED) is 0.564. The first kappa shape index (κ1) is 20.1. The predicted molar refractivity (Wildman–Crippen MR) is 118 cm³/mol. The van der Waals surface area contributed by atoms with Gasteiger partial charge in [-0.05, 0) is 66.1 Å². The van der Waals surface area contributed by atoms with E-state index >= 15 is 0 Å². The first-order valence-corrected chi connectivity index (χ1v) is 9.98. The van der Waals surface area contributed by atoms with Crippen LogP contribution in [0.5, 0.6) is 0 Å². The first-order valence-electron chi connectivity index (χ1n) is 9.22. The number of nitrogens with one attached hydrogen (secondary N) is 1. The van der Waals surface area contributed by atoms with Gasteiger partial charge in [0, 0.05) is 28.1 Å². The molecule has 0 saturated heterocycles. The minimum absolute atomic E-state index is 0.155. The Hall–Kier alpha value is -3.15. The number of imide groups is 1. The molecule has 0 spiro atoms. The van der Waals surface area contributed by atoms with Gasteiger partial charge in [-0.15, -0.1) is 0 Å². The van der Waals surface area contributed by atoms with Crippen LogP contribution < -0.4 is 5.32 Å². The van der Waals surface area contributed by atoms with Crippen molar-refractivity contribution >= 4 is 46.3 Å². The highest BCUT2D eigenvalue weighted by Gasteiger charge is 2.39. The van der Waals surface area contributed by atoms with Crippen molar-refractivity contribution in [3.05, 3.63) is 99.4 Å². The van der Waals surface area contributed by atoms with E-state index in [1.807, 2.05) is 6.92 Å². The number of hydrogen-bond donors (Lipinski definition) is 1. The summed E-state index contributed by atoms with van der Waals surface area (Å²) in [6.07, 6.45) is 3.26. The molecule has 7 heteroatoms. The Balaban J connectivity index is 1.76. The van der Waals surface area contributed by atoms with Crippen molar-refractivity contribution < 1.29 is 9.59 Å². The largest absolute Gasteiger partial charge is 0.350 e. The molecule has 1 aliphatic rings. The molecule has 0 atom stereocenters.